The topological polar surface area (TPSA) is 123 Å². The number of aryl methyl sites for hydroxylation is 2. The van der Waals surface area contributed by atoms with Crippen molar-refractivity contribution in [3.8, 4) is 5.75 Å². The Morgan fingerprint density at radius 1 is 1.13 bits per heavy atom. The average Bonchev–Trinajstić information content (AvgIpc) is 3.25. The first kappa shape index (κ1) is 27.7. The number of hydrogen-bond acceptors (Lipinski definition) is 9. The maximum absolute atomic E-state index is 12.9. The molecule has 0 atom stereocenters. The number of nitrogens with one attached hydrogen (secondary N) is 3. The molecular weight excluding hydrogens is 538 g/mol. The lowest BCUT2D eigenvalue weighted by molar-refractivity contribution is 0.121. The van der Waals surface area contributed by atoms with Crippen LogP contribution in [0.3, 0.4) is 0 Å². The molecule has 10 nitrogen and oxygen atoms in total. The lowest BCUT2D eigenvalue weighted by atomic mass is 9.87. The van der Waals surface area contributed by atoms with Crippen molar-refractivity contribution >= 4 is 44.6 Å². The Labute approximate surface area is 234 Å². The second-order valence-electron chi connectivity index (χ2n) is 10.7. The molecule has 1 aromatic carbocycles. The van der Waals surface area contributed by atoms with Gasteiger partial charge in [0.15, 0.2) is 5.82 Å². The van der Waals surface area contributed by atoms with E-state index in [1.54, 1.807) is 27.1 Å². The minimum absolute atomic E-state index is 0.0514. The number of halogens is 1. The van der Waals surface area contributed by atoms with Crippen molar-refractivity contribution in [2.75, 3.05) is 23.7 Å². The maximum atomic E-state index is 12.9. The predicted octanol–water partition coefficient (Wildman–Crippen LogP) is 5.24. The van der Waals surface area contributed by atoms with Crippen LogP contribution in [-0.4, -0.2) is 52.6 Å². The summed E-state index contributed by atoms with van der Waals surface area (Å²) in [6, 6.07) is 4.28. The number of aromatic nitrogens is 4. The Hall–Kier alpha value is -2.89. The molecule has 0 bridgehead atoms. The third-order valence-electron chi connectivity index (χ3n) is 7.42. The molecule has 0 radical (unpaired) electrons. The molecule has 1 saturated heterocycles. The normalized spacial score (nSPS) is 16.8. The van der Waals surface area contributed by atoms with Crippen LogP contribution in [0.15, 0.2) is 29.6 Å². The van der Waals surface area contributed by atoms with Gasteiger partial charge in [-0.2, -0.15) is 10.1 Å². The van der Waals surface area contributed by atoms with Gasteiger partial charge in [-0.15, -0.1) is 0 Å². The minimum Gasteiger partial charge on any atom is -0.488 e. The molecule has 0 unspecified atom stereocenters. The molecular formula is C27H36ClN7O3S. The van der Waals surface area contributed by atoms with Gasteiger partial charge in [0.25, 0.3) is 0 Å². The third kappa shape index (κ3) is 6.00. The van der Waals surface area contributed by atoms with Gasteiger partial charge in [0.2, 0.25) is 20.8 Å². The van der Waals surface area contributed by atoms with Crippen LogP contribution in [0.25, 0.3) is 0 Å². The molecule has 0 amide bonds. The average molecular weight is 574 g/mol. The first-order chi connectivity index (χ1) is 18.6. The Kier molecular flexibility index (Phi) is 8.02. The van der Waals surface area contributed by atoms with Crippen LogP contribution >= 0.6 is 11.6 Å². The van der Waals surface area contributed by atoms with E-state index in [1.807, 2.05) is 0 Å². The SMILES string of the molecule is Cc1cc(Nc2ncc(Cl)c(Nc3cn(C)nc3S(=O)(=O)C(C)C)n2)c(OC2CCC2)cc1C1CCNCC1. The Morgan fingerprint density at radius 3 is 2.54 bits per heavy atom. The first-order valence-corrected chi connectivity index (χ1v) is 15.4. The van der Waals surface area contributed by atoms with Gasteiger partial charge in [-0.1, -0.05) is 11.6 Å². The number of ether oxygens (including phenoxy) is 1. The zero-order valence-corrected chi connectivity index (χ0v) is 24.4. The summed E-state index contributed by atoms with van der Waals surface area (Å²) >= 11 is 6.42. The number of benzene rings is 1. The van der Waals surface area contributed by atoms with E-state index in [0.717, 1.165) is 50.2 Å². The van der Waals surface area contributed by atoms with Gasteiger partial charge in [0, 0.05) is 13.2 Å². The number of sulfone groups is 1. The predicted molar refractivity (Wildman–Crippen MR) is 153 cm³/mol. The van der Waals surface area contributed by atoms with Crippen molar-refractivity contribution in [3.05, 3.63) is 40.7 Å². The molecule has 12 heteroatoms. The van der Waals surface area contributed by atoms with Crippen LogP contribution in [0.2, 0.25) is 5.02 Å². The van der Waals surface area contributed by atoms with E-state index in [9.17, 15) is 8.42 Å². The number of anilines is 4. The zero-order chi connectivity index (χ0) is 27.7. The Bertz CT molecular complexity index is 1450. The zero-order valence-electron chi connectivity index (χ0n) is 22.8. The molecule has 3 aromatic rings. The molecule has 0 spiro atoms. The molecule has 210 valence electrons. The number of hydrogen-bond donors (Lipinski definition) is 3. The van der Waals surface area contributed by atoms with Gasteiger partial charge in [-0.3, -0.25) is 4.68 Å². The second kappa shape index (κ2) is 11.3. The largest absolute Gasteiger partial charge is 0.488 e. The minimum atomic E-state index is -3.63. The van der Waals surface area contributed by atoms with Gasteiger partial charge in [0.1, 0.15) is 10.8 Å². The van der Waals surface area contributed by atoms with Crippen LogP contribution in [-0.2, 0) is 16.9 Å². The van der Waals surface area contributed by atoms with Crippen LogP contribution in [0.4, 0.5) is 23.1 Å². The summed E-state index contributed by atoms with van der Waals surface area (Å²) in [5.41, 5.74) is 3.60. The highest BCUT2D eigenvalue weighted by atomic mass is 35.5. The van der Waals surface area contributed by atoms with Crippen molar-refractivity contribution in [2.24, 2.45) is 7.05 Å². The molecule has 1 aliphatic carbocycles. The number of rotatable bonds is 9. The lowest BCUT2D eigenvalue weighted by Crippen LogP contribution is -2.27. The van der Waals surface area contributed by atoms with Gasteiger partial charge in [-0.05, 0) is 95.1 Å². The van der Waals surface area contributed by atoms with Crippen LogP contribution in [0.5, 0.6) is 5.75 Å². The van der Waals surface area contributed by atoms with E-state index in [2.05, 4.69) is 50.1 Å². The van der Waals surface area contributed by atoms with Crippen LogP contribution in [0, 0.1) is 6.92 Å². The fraction of sp³-hybridized carbons (Fsp3) is 0.519. The van der Waals surface area contributed by atoms with Crippen molar-refractivity contribution < 1.29 is 13.2 Å². The summed E-state index contributed by atoms with van der Waals surface area (Å²) in [4.78, 5) is 8.96. The molecule has 3 heterocycles. The van der Waals surface area contributed by atoms with Crippen LogP contribution < -0.4 is 20.7 Å². The van der Waals surface area contributed by atoms with E-state index in [4.69, 9.17) is 16.3 Å². The van der Waals surface area contributed by atoms with Crippen LogP contribution in [0.1, 0.15) is 63.0 Å². The standard InChI is InChI=1S/C27H36ClN7O3S/c1-16(2)39(36,37)26-23(15-35(4)34-26)31-25-21(28)14-30-27(33-25)32-22-12-17(3)20(18-8-10-29-11-9-18)13-24(22)38-19-6-5-7-19/h12-16,18-19,29H,5-11H2,1-4H3,(H2,30,31,32,33). The monoisotopic (exact) mass is 573 g/mol. The van der Waals surface area contributed by atoms with Gasteiger partial charge in [0.05, 0.1) is 28.9 Å². The summed E-state index contributed by atoms with van der Waals surface area (Å²) in [6.07, 6.45) is 8.78. The van der Waals surface area contributed by atoms with Gasteiger partial charge in [-0.25, -0.2) is 13.4 Å². The Morgan fingerprint density at radius 2 is 1.87 bits per heavy atom. The highest BCUT2D eigenvalue weighted by Crippen LogP contribution is 2.39. The third-order valence-corrected chi connectivity index (χ3v) is 9.78. The van der Waals surface area contributed by atoms with E-state index in [1.165, 1.54) is 28.4 Å². The smallest absolute Gasteiger partial charge is 0.229 e. The van der Waals surface area contributed by atoms with Gasteiger partial charge < -0.3 is 20.7 Å². The van der Waals surface area contributed by atoms with Crippen molar-refractivity contribution in [3.63, 3.8) is 0 Å². The van der Waals surface area contributed by atoms with E-state index >= 15 is 0 Å². The second-order valence-corrected chi connectivity index (χ2v) is 13.5. The van der Waals surface area contributed by atoms with E-state index < -0.39 is 15.1 Å². The molecule has 2 aliphatic rings. The quantitative estimate of drug-likeness (QED) is 0.315. The first-order valence-electron chi connectivity index (χ1n) is 13.5. The summed E-state index contributed by atoms with van der Waals surface area (Å²) in [7, 11) is -1.96. The highest BCUT2D eigenvalue weighted by molar-refractivity contribution is 7.92. The summed E-state index contributed by atoms with van der Waals surface area (Å²) in [5.74, 6) is 1.88. The van der Waals surface area contributed by atoms with Crippen molar-refractivity contribution in [1.82, 2.24) is 25.1 Å². The summed E-state index contributed by atoms with van der Waals surface area (Å²) in [6.45, 7) is 7.41. The number of piperidine rings is 1. The molecule has 2 fully saturated rings. The summed E-state index contributed by atoms with van der Waals surface area (Å²) in [5, 5.41) is 13.6. The van der Waals surface area contributed by atoms with E-state index in [0.29, 0.717) is 17.6 Å². The van der Waals surface area contributed by atoms with E-state index in [-0.39, 0.29) is 22.0 Å². The number of nitrogens with zero attached hydrogens (tertiary/aromatic N) is 4. The fourth-order valence-electron chi connectivity index (χ4n) is 4.89. The maximum Gasteiger partial charge on any atom is 0.229 e. The molecule has 3 N–H and O–H groups in total. The molecule has 2 aromatic heterocycles. The highest BCUT2D eigenvalue weighted by Gasteiger charge is 2.28. The lowest BCUT2D eigenvalue weighted by Gasteiger charge is -2.30. The van der Waals surface area contributed by atoms with Crippen molar-refractivity contribution in [2.45, 2.75) is 75.2 Å². The Balaban J connectivity index is 1.45. The van der Waals surface area contributed by atoms with Gasteiger partial charge >= 0.3 is 0 Å². The molecule has 1 aliphatic heterocycles. The molecule has 1 saturated carbocycles. The van der Waals surface area contributed by atoms with Crippen molar-refractivity contribution in [1.29, 1.82) is 0 Å². The molecule has 39 heavy (non-hydrogen) atoms. The fourth-order valence-corrected chi connectivity index (χ4v) is 6.13. The molecule has 5 rings (SSSR count). The summed E-state index contributed by atoms with van der Waals surface area (Å²) < 4.78 is 33.6.